The van der Waals surface area contributed by atoms with Crippen molar-refractivity contribution in [3.63, 3.8) is 0 Å². The third kappa shape index (κ3) is 7.26. The van der Waals surface area contributed by atoms with E-state index in [0.29, 0.717) is 18.5 Å². The number of nitro benzene ring substituents is 1. The molecule has 3 N–H and O–H groups in total. The minimum absolute atomic E-state index is 0.126. The van der Waals surface area contributed by atoms with E-state index in [1.807, 2.05) is 0 Å². The molecule has 0 unspecified atom stereocenters. The van der Waals surface area contributed by atoms with E-state index in [0.717, 1.165) is 45.0 Å². The van der Waals surface area contributed by atoms with Gasteiger partial charge in [-0.3, -0.25) is 15.1 Å². The van der Waals surface area contributed by atoms with Gasteiger partial charge in [0.2, 0.25) is 10.0 Å². The van der Waals surface area contributed by atoms with Gasteiger partial charge in [-0.05, 0) is 31.9 Å². The van der Waals surface area contributed by atoms with Crippen LogP contribution in [0.2, 0.25) is 0 Å². The molecule has 0 spiro atoms. The molecule has 1 aromatic carbocycles. The highest BCUT2D eigenvalue weighted by Crippen LogP contribution is 2.16. The number of guanidine groups is 1. The molecule has 0 radical (unpaired) electrons. The van der Waals surface area contributed by atoms with Gasteiger partial charge >= 0.3 is 0 Å². The van der Waals surface area contributed by atoms with Gasteiger partial charge in [0.25, 0.3) is 5.69 Å². The Bertz CT molecular complexity index is 806. The number of nitro groups is 1. The number of piperidine rings is 1. The van der Waals surface area contributed by atoms with Crippen molar-refractivity contribution >= 4 is 21.7 Å². The van der Waals surface area contributed by atoms with Crippen LogP contribution in [0.4, 0.5) is 5.69 Å². The van der Waals surface area contributed by atoms with E-state index >= 15 is 0 Å². The second-order valence-corrected chi connectivity index (χ2v) is 8.68. The summed E-state index contributed by atoms with van der Waals surface area (Å²) in [6.07, 6.45) is 3.24. The number of nitrogens with zero attached hydrogens (tertiary/aromatic N) is 3. The van der Waals surface area contributed by atoms with Crippen LogP contribution in [0.25, 0.3) is 0 Å². The van der Waals surface area contributed by atoms with Crippen molar-refractivity contribution in [2.75, 3.05) is 39.8 Å². The summed E-state index contributed by atoms with van der Waals surface area (Å²) in [5, 5.41) is 17.3. The van der Waals surface area contributed by atoms with Gasteiger partial charge in [0.15, 0.2) is 5.96 Å². The van der Waals surface area contributed by atoms with Crippen LogP contribution >= 0.6 is 0 Å². The average Bonchev–Trinajstić information content (AvgIpc) is 2.72. The molecule has 1 aromatic rings. The van der Waals surface area contributed by atoms with E-state index in [1.165, 1.54) is 18.2 Å². The molecule has 1 aliphatic heterocycles. The first kappa shape index (κ1) is 23.0. The molecule has 29 heavy (non-hydrogen) atoms. The molecule has 162 valence electrons. The van der Waals surface area contributed by atoms with E-state index in [2.05, 4.69) is 32.2 Å². The number of benzene rings is 1. The average molecular weight is 427 g/mol. The molecule has 1 saturated heterocycles. The highest BCUT2D eigenvalue weighted by molar-refractivity contribution is 7.89. The molecule has 10 nitrogen and oxygen atoms in total. The third-order valence-electron chi connectivity index (χ3n) is 4.74. The first-order chi connectivity index (χ1) is 13.9. The molecular formula is C18H30N6O4S. The normalized spacial score (nSPS) is 16.6. The Balaban J connectivity index is 1.77. The highest BCUT2D eigenvalue weighted by atomic mass is 32.2. The lowest BCUT2D eigenvalue weighted by Gasteiger charge is -2.32. The third-order valence-corrected chi connectivity index (χ3v) is 6.20. The molecule has 1 aliphatic rings. The molecule has 0 atom stereocenters. The number of rotatable bonds is 9. The van der Waals surface area contributed by atoms with E-state index < -0.39 is 14.9 Å². The molecule has 0 bridgehead atoms. The maximum absolute atomic E-state index is 12.3. The lowest BCUT2D eigenvalue weighted by atomic mass is 10.1. The first-order valence-electron chi connectivity index (χ1n) is 9.79. The zero-order valence-corrected chi connectivity index (χ0v) is 17.7. The summed E-state index contributed by atoms with van der Waals surface area (Å²) in [5.41, 5.74) is -0.263. The standard InChI is InChI=1S/C18H30N6O4S/c1-3-11-23-12-7-15(8-13-23)22-18(19-2)20-9-10-21-29(27,28)17-6-4-5-16(14-17)24(25)26/h4-6,14-15,21H,3,7-13H2,1-2H3,(H2,19,20,22). The van der Waals surface area contributed by atoms with E-state index in [-0.39, 0.29) is 17.1 Å². The van der Waals surface area contributed by atoms with Crippen molar-refractivity contribution in [3.8, 4) is 0 Å². The van der Waals surface area contributed by atoms with Gasteiger partial charge in [-0.2, -0.15) is 0 Å². The Morgan fingerprint density at radius 2 is 2.03 bits per heavy atom. The molecule has 0 aliphatic carbocycles. The molecule has 11 heteroatoms. The smallest absolute Gasteiger partial charge is 0.270 e. The zero-order chi connectivity index (χ0) is 21.3. The lowest BCUT2D eigenvalue weighted by Crippen LogP contribution is -2.49. The van der Waals surface area contributed by atoms with Crippen molar-refractivity contribution in [2.24, 2.45) is 4.99 Å². The molecule has 1 heterocycles. The minimum Gasteiger partial charge on any atom is -0.355 e. The Kier molecular flexibility index (Phi) is 8.80. The Morgan fingerprint density at radius 1 is 1.31 bits per heavy atom. The Labute approximate surface area is 172 Å². The van der Waals surface area contributed by atoms with E-state index in [9.17, 15) is 18.5 Å². The van der Waals surface area contributed by atoms with Crippen molar-refractivity contribution in [3.05, 3.63) is 34.4 Å². The fourth-order valence-electron chi connectivity index (χ4n) is 3.22. The predicted molar refractivity (Wildman–Crippen MR) is 113 cm³/mol. The van der Waals surface area contributed by atoms with Gasteiger partial charge in [-0.1, -0.05) is 13.0 Å². The van der Waals surface area contributed by atoms with Crippen molar-refractivity contribution in [1.82, 2.24) is 20.3 Å². The number of non-ortho nitro benzene ring substituents is 1. The molecule has 0 aromatic heterocycles. The van der Waals surface area contributed by atoms with Gasteiger partial charge < -0.3 is 15.5 Å². The van der Waals surface area contributed by atoms with Crippen molar-refractivity contribution in [1.29, 1.82) is 0 Å². The number of likely N-dealkylation sites (tertiary alicyclic amines) is 1. The van der Waals surface area contributed by atoms with Crippen LogP contribution in [0, 0.1) is 10.1 Å². The summed E-state index contributed by atoms with van der Waals surface area (Å²) in [6.45, 7) is 5.90. The summed E-state index contributed by atoms with van der Waals surface area (Å²) >= 11 is 0. The lowest BCUT2D eigenvalue weighted by molar-refractivity contribution is -0.385. The fraction of sp³-hybridized carbons (Fsp3) is 0.611. The second-order valence-electron chi connectivity index (χ2n) is 6.91. The maximum atomic E-state index is 12.3. The Hall–Kier alpha value is -2.24. The van der Waals surface area contributed by atoms with Crippen LogP contribution in [-0.2, 0) is 10.0 Å². The van der Waals surface area contributed by atoms with Crippen LogP contribution in [0.1, 0.15) is 26.2 Å². The summed E-state index contributed by atoms with van der Waals surface area (Å²) in [5.74, 6) is 0.633. The van der Waals surface area contributed by atoms with Gasteiger partial charge in [0.1, 0.15) is 0 Å². The monoisotopic (exact) mass is 426 g/mol. The molecule has 0 amide bonds. The first-order valence-corrected chi connectivity index (χ1v) is 11.3. The Morgan fingerprint density at radius 3 is 2.66 bits per heavy atom. The SMILES string of the molecule is CCCN1CCC(NC(=NC)NCCNS(=O)(=O)c2cccc([N+](=O)[O-])c2)CC1. The zero-order valence-electron chi connectivity index (χ0n) is 16.9. The number of nitrogens with one attached hydrogen (secondary N) is 3. The predicted octanol–water partition coefficient (Wildman–Crippen LogP) is 0.913. The topological polar surface area (TPSA) is 129 Å². The maximum Gasteiger partial charge on any atom is 0.270 e. The van der Waals surface area contributed by atoms with Crippen LogP contribution in [-0.4, -0.2) is 70.0 Å². The largest absolute Gasteiger partial charge is 0.355 e. The van der Waals surface area contributed by atoms with E-state index in [1.54, 1.807) is 7.05 Å². The number of hydrogen-bond acceptors (Lipinski definition) is 6. The number of sulfonamides is 1. The summed E-state index contributed by atoms with van der Waals surface area (Å²) in [6, 6.07) is 5.32. The van der Waals surface area contributed by atoms with Gasteiger partial charge in [0.05, 0.1) is 9.82 Å². The molecule has 2 rings (SSSR count). The molecule has 0 saturated carbocycles. The number of hydrogen-bond donors (Lipinski definition) is 3. The van der Waals surface area contributed by atoms with Crippen LogP contribution in [0.15, 0.2) is 34.2 Å². The minimum atomic E-state index is -3.82. The van der Waals surface area contributed by atoms with E-state index in [4.69, 9.17) is 0 Å². The highest BCUT2D eigenvalue weighted by Gasteiger charge is 2.20. The fourth-order valence-corrected chi connectivity index (χ4v) is 4.29. The molecule has 1 fully saturated rings. The summed E-state index contributed by atoms with van der Waals surface area (Å²) in [4.78, 5) is 16.7. The summed E-state index contributed by atoms with van der Waals surface area (Å²) < 4.78 is 27.1. The van der Waals surface area contributed by atoms with Gasteiger partial charge in [0, 0.05) is 51.4 Å². The number of aliphatic imine (C=N–C) groups is 1. The quantitative estimate of drug-likeness (QED) is 0.176. The summed E-state index contributed by atoms with van der Waals surface area (Å²) in [7, 11) is -2.14. The molecular weight excluding hydrogens is 396 g/mol. The second kappa shape index (κ2) is 11.1. The van der Waals surface area contributed by atoms with Crippen LogP contribution in [0.5, 0.6) is 0 Å². The van der Waals surface area contributed by atoms with Gasteiger partial charge in [-0.15, -0.1) is 0 Å². The van der Waals surface area contributed by atoms with Crippen molar-refractivity contribution < 1.29 is 13.3 Å². The van der Waals surface area contributed by atoms with Gasteiger partial charge in [-0.25, -0.2) is 13.1 Å². The van der Waals surface area contributed by atoms with Crippen LogP contribution < -0.4 is 15.4 Å². The van der Waals surface area contributed by atoms with Crippen molar-refractivity contribution in [2.45, 2.75) is 37.1 Å². The van der Waals surface area contributed by atoms with Crippen LogP contribution in [0.3, 0.4) is 0 Å².